The Bertz CT molecular complexity index is 1000. The molecule has 1 aromatic rings. The van der Waals surface area contributed by atoms with Crippen molar-refractivity contribution in [2.45, 2.75) is 54.7 Å². The molecule has 2 amide bonds. The number of esters is 1. The van der Waals surface area contributed by atoms with E-state index < -0.39 is 34.6 Å². The molecule has 2 bridgehead atoms. The molecule has 7 nitrogen and oxygen atoms in total. The van der Waals surface area contributed by atoms with Gasteiger partial charge in [-0.15, -0.1) is 18.3 Å². The predicted molar refractivity (Wildman–Crippen MR) is 140 cm³/mol. The Morgan fingerprint density at radius 3 is 2.69 bits per heavy atom. The minimum absolute atomic E-state index is 0.0680. The van der Waals surface area contributed by atoms with Crippen LogP contribution in [0.25, 0.3) is 0 Å². The molecule has 1 N–H and O–H groups in total. The van der Waals surface area contributed by atoms with Crippen molar-refractivity contribution in [3.05, 3.63) is 61.2 Å². The van der Waals surface area contributed by atoms with Crippen LogP contribution in [0.4, 0.5) is 0 Å². The largest absolute Gasteiger partial charge is 0.461 e. The van der Waals surface area contributed by atoms with E-state index >= 15 is 0 Å². The van der Waals surface area contributed by atoms with Gasteiger partial charge in [0, 0.05) is 18.3 Å². The van der Waals surface area contributed by atoms with Crippen molar-refractivity contribution in [2.75, 3.05) is 26.3 Å². The van der Waals surface area contributed by atoms with E-state index in [1.807, 2.05) is 30.3 Å². The fourth-order valence-corrected chi connectivity index (χ4v) is 8.40. The molecule has 3 heterocycles. The number of amides is 2. The maximum Gasteiger partial charge on any atom is 0.311 e. The van der Waals surface area contributed by atoms with Crippen LogP contribution >= 0.6 is 11.8 Å². The van der Waals surface area contributed by atoms with Crippen molar-refractivity contribution in [1.29, 1.82) is 0 Å². The summed E-state index contributed by atoms with van der Waals surface area (Å²) in [5, 5.41) is 10.4. The minimum Gasteiger partial charge on any atom is -0.461 e. The Balaban J connectivity index is 1.80. The number of hydrogen-bond acceptors (Lipinski definition) is 6. The summed E-state index contributed by atoms with van der Waals surface area (Å²) in [4.78, 5) is 45.0. The van der Waals surface area contributed by atoms with E-state index in [-0.39, 0.29) is 30.3 Å². The molecule has 0 radical (unpaired) electrons. The van der Waals surface area contributed by atoms with Gasteiger partial charge in [0.1, 0.15) is 12.6 Å². The molecule has 3 aliphatic rings. The van der Waals surface area contributed by atoms with Gasteiger partial charge in [-0.2, -0.15) is 0 Å². The first-order valence-electron chi connectivity index (χ1n) is 12.8. The predicted octanol–water partition coefficient (Wildman–Crippen LogP) is 3.36. The molecule has 0 aliphatic carbocycles. The van der Waals surface area contributed by atoms with Crippen LogP contribution < -0.4 is 0 Å². The van der Waals surface area contributed by atoms with E-state index in [4.69, 9.17) is 4.74 Å². The molecule has 4 rings (SSSR count). The fraction of sp³-hybridized carbons (Fsp3) is 0.536. The monoisotopic (exact) mass is 512 g/mol. The molecule has 1 spiro atoms. The molecule has 2 unspecified atom stereocenters. The number of carbonyl (C=O) groups is 3. The number of fused-ring (bicyclic) bond motifs is 1. The van der Waals surface area contributed by atoms with Gasteiger partial charge in [-0.1, -0.05) is 62.4 Å². The molecule has 3 aliphatic heterocycles. The summed E-state index contributed by atoms with van der Waals surface area (Å²) >= 11 is 1.60. The van der Waals surface area contributed by atoms with Crippen molar-refractivity contribution in [3.63, 3.8) is 0 Å². The Labute approximate surface area is 217 Å². The number of thioether (sulfide) groups is 1. The third-order valence-corrected chi connectivity index (χ3v) is 9.68. The number of aliphatic hydroxyl groups is 1. The van der Waals surface area contributed by atoms with Crippen molar-refractivity contribution in [1.82, 2.24) is 9.80 Å². The molecule has 3 fully saturated rings. The van der Waals surface area contributed by atoms with Gasteiger partial charge in [0.25, 0.3) is 0 Å². The van der Waals surface area contributed by atoms with E-state index in [2.05, 4.69) is 20.1 Å². The fourth-order valence-electron chi connectivity index (χ4n) is 6.21. The number of carbonyl (C=O) groups excluding carboxylic acids is 3. The zero-order valence-corrected chi connectivity index (χ0v) is 21.7. The highest BCUT2D eigenvalue weighted by atomic mass is 32.2. The van der Waals surface area contributed by atoms with Gasteiger partial charge >= 0.3 is 5.97 Å². The second-order valence-electron chi connectivity index (χ2n) is 9.76. The van der Waals surface area contributed by atoms with Gasteiger partial charge < -0.3 is 19.6 Å². The molecule has 1 aromatic carbocycles. The van der Waals surface area contributed by atoms with Gasteiger partial charge in [-0.05, 0) is 24.8 Å². The molecule has 194 valence electrons. The molecule has 0 aromatic heterocycles. The maximum absolute atomic E-state index is 14.3. The summed E-state index contributed by atoms with van der Waals surface area (Å²) in [7, 11) is 0. The van der Waals surface area contributed by atoms with Gasteiger partial charge in [-0.25, -0.2) is 0 Å². The quantitative estimate of drug-likeness (QED) is 0.341. The summed E-state index contributed by atoms with van der Waals surface area (Å²) in [5.74, 6) is -2.07. The van der Waals surface area contributed by atoms with E-state index in [0.717, 1.165) is 24.8 Å². The molecule has 0 saturated carbocycles. The molecule has 8 heteroatoms. The van der Waals surface area contributed by atoms with Crippen LogP contribution in [0.15, 0.2) is 55.6 Å². The number of unbranched alkanes of at least 4 members (excludes halogenated alkanes) is 1. The number of benzene rings is 1. The van der Waals surface area contributed by atoms with Crippen LogP contribution in [0.3, 0.4) is 0 Å². The highest BCUT2D eigenvalue weighted by Crippen LogP contribution is 2.67. The second kappa shape index (κ2) is 11.2. The zero-order chi connectivity index (χ0) is 25.9. The van der Waals surface area contributed by atoms with Crippen LogP contribution in [-0.2, 0) is 19.1 Å². The lowest BCUT2D eigenvalue weighted by Crippen LogP contribution is -2.55. The lowest BCUT2D eigenvalue weighted by atomic mass is 9.71. The average molecular weight is 513 g/mol. The van der Waals surface area contributed by atoms with Crippen LogP contribution in [0.1, 0.15) is 44.2 Å². The standard InChI is InChI=1S/C28H36N2O5S/c1-4-7-16-29(15-5-2)26(33)24-28-14-13-21(36-28)22(27(34)35-17-6-3)23(28)25(32)30(24)20(18-31)19-11-9-8-10-12-19/h5-6,8-12,20-24,31H,2-4,7,13-18H2,1H3/t20-,21-,22+,23+,24?,28?/m1/s1. The normalized spacial score (nSPS) is 29.1. The van der Waals surface area contributed by atoms with Crippen molar-refractivity contribution in [2.24, 2.45) is 11.8 Å². The van der Waals surface area contributed by atoms with Gasteiger partial charge in [0.2, 0.25) is 11.8 Å². The average Bonchev–Trinajstić information content (AvgIpc) is 3.53. The van der Waals surface area contributed by atoms with Gasteiger partial charge in [0.05, 0.1) is 29.2 Å². The molecule has 36 heavy (non-hydrogen) atoms. The zero-order valence-electron chi connectivity index (χ0n) is 20.9. The van der Waals surface area contributed by atoms with E-state index in [9.17, 15) is 19.5 Å². The second-order valence-corrected chi connectivity index (χ2v) is 11.4. The number of hydrogen-bond donors (Lipinski definition) is 1. The summed E-state index contributed by atoms with van der Waals surface area (Å²) in [5.41, 5.74) is 0.761. The molecule has 6 atom stereocenters. The van der Waals surface area contributed by atoms with E-state index in [1.54, 1.807) is 27.6 Å². The van der Waals surface area contributed by atoms with Crippen LogP contribution in [0.2, 0.25) is 0 Å². The lowest BCUT2D eigenvalue weighted by Gasteiger charge is -2.39. The third-order valence-electron chi connectivity index (χ3n) is 7.72. The van der Waals surface area contributed by atoms with Crippen LogP contribution in [0, 0.1) is 11.8 Å². The summed E-state index contributed by atoms with van der Waals surface area (Å²) in [6.07, 6.45) is 6.40. The first-order valence-corrected chi connectivity index (χ1v) is 13.7. The summed E-state index contributed by atoms with van der Waals surface area (Å²) < 4.78 is 4.69. The smallest absolute Gasteiger partial charge is 0.311 e. The molecular formula is C28H36N2O5S. The first kappa shape index (κ1) is 26.5. The Hall–Kier alpha value is -2.58. The number of ether oxygens (including phenoxy) is 1. The Kier molecular flexibility index (Phi) is 8.25. The lowest BCUT2D eigenvalue weighted by molar-refractivity contribution is -0.153. The SMILES string of the molecule is C=CCOC(=O)[C@@H]1[C@H]2C(=O)N([C@H](CO)c3ccccc3)C(C(=O)N(CC=C)CCCC)C23CC[C@H]1S3. The van der Waals surface area contributed by atoms with Crippen molar-refractivity contribution < 1.29 is 24.2 Å². The Morgan fingerprint density at radius 2 is 2.06 bits per heavy atom. The van der Waals surface area contributed by atoms with Crippen LogP contribution in [0.5, 0.6) is 0 Å². The summed E-state index contributed by atoms with van der Waals surface area (Å²) in [6, 6.07) is 7.84. The van der Waals surface area contributed by atoms with Crippen LogP contribution in [-0.4, -0.2) is 75.0 Å². The van der Waals surface area contributed by atoms with Crippen molar-refractivity contribution in [3.8, 4) is 0 Å². The maximum atomic E-state index is 14.3. The molecule has 3 saturated heterocycles. The number of aliphatic hydroxyl groups excluding tert-OH is 1. The topological polar surface area (TPSA) is 87.1 Å². The van der Waals surface area contributed by atoms with Gasteiger partial charge in [-0.3, -0.25) is 14.4 Å². The Morgan fingerprint density at radius 1 is 1.31 bits per heavy atom. The number of rotatable bonds is 12. The molecular weight excluding hydrogens is 476 g/mol. The minimum atomic E-state index is -0.781. The van der Waals surface area contributed by atoms with Crippen molar-refractivity contribution >= 4 is 29.5 Å². The number of likely N-dealkylation sites (tertiary alicyclic amines) is 1. The first-order chi connectivity index (χ1) is 17.4. The summed E-state index contributed by atoms with van der Waals surface area (Å²) in [6.45, 7) is 10.2. The third kappa shape index (κ3) is 4.39. The highest BCUT2D eigenvalue weighted by Gasteiger charge is 2.74. The van der Waals surface area contributed by atoms with E-state index in [0.29, 0.717) is 19.5 Å². The van der Waals surface area contributed by atoms with E-state index in [1.165, 1.54) is 6.08 Å². The van der Waals surface area contributed by atoms with Gasteiger partial charge in [0.15, 0.2) is 0 Å². The number of nitrogens with zero attached hydrogens (tertiary/aromatic N) is 2. The highest BCUT2D eigenvalue weighted by molar-refractivity contribution is 8.02.